The van der Waals surface area contributed by atoms with Crippen LogP contribution in [0, 0.1) is 12.3 Å². The molecular weight excluding hydrogens is 446 g/mol. The normalized spacial score (nSPS) is 19.3. The number of para-hydroxylation sites is 1. The molecule has 1 aromatic heterocycles. The highest BCUT2D eigenvalue weighted by molar-refractivity contribution is 5.97. The van der Waals surface area contributed by atoms with Gasteiger partial charge in [-0.2, -0.15) is 0 Å². The number of rotatable bonds is 1. The number of nitrogens with zero attached hydrogens (tertiary/aromatic N) is 2. The summed E-state index contributed by atoms with van der Waals surface area (Å²) < 4.78 is 13.5. The van der Waals surface area contributed by atoms with Gasteiger partial charge in [0.05, 0.1) is 18.8 Å². The number of hydrogen-bond donors (Lipinski definition) is 1. The van der Waals surface area contributed by atoms with Crippen LogP contribution in [-0.2, 0) is 11.8 Å². The Morgan fingerprint density at radius 1 is 1.00 bits per heavy atom. The highest BCUT2D eigenvalue weighted by Gasteiger charge is 2.37. The minimum Gasteiger partial charge on any atom is -0.492 e. The molecule has 2 aliphatic heterocycles. The number of carbonyl (C=O) groups is 2. The third-order valence-electron chi connectivity index (χ3n) is 7.34. The SMILES string of the molecule is Cc1ccc(C(=O)N2CCC3(CCCCOCCNC(=O)c4ccccc4OC3)CC2)c(=O)n1C. The van der Waals surface area contributed by atoms with Crippen molar-refractivity contribution in [3.8, 4) is 5.75 Å². The second-order valence-corrected chi connectivity index (χ2v) is 9.65. The number of ether oxygens (including phenoxy) is 2. The molecule has 1 fully saturated rings. The van der Waals surface area contributed by atoms with Gasteiger partial charge >= 0.3 is 0 Å². The highest BCUT2D eigenvalue weighted by Crippen LogP contribution is 2.38. The first-order valence-corrected chi connectivity index (χ1v) is 12.4. The van der Waals surface area contributed by atoms with Crippen LogP contribution in [-0.4, -0.2) is 60.7 Å². The van der Waals surface area contributed by atoms with Crippen LogP contribution >= 0.6 is 0 Å². The largest absolute Gasteiger partial charge is 0.492 e. The van der Waals surface area contributed by atoms with Gasteiger partial charge in [0.2, 0.25) is 0 Å². The molecule has 3 heterocycles. The zero-order chi connectivity index (χ0) is 24.8. The number of aromatic nitrogens is 1. The van der Waals surface area contributed by atoms with E-state index in [1.807, 2.05) is 25.1 Å². The summed E-state index contributed by atoms with van der Waals surface area (Å²) in [5.41, 5.74) is 1.18. The Morgan fingerprint density at radius 2 is 1.77 bits per heavy atom. The Labute approximate surface area is 206 Å². The van der Waals surface area contributed by atoms with Gasteiger partial charge in [0.15, 0.2) is 0 Å². The van der Waals surface area contributed by atoms with Crippen LogP contribution in [0.3, 0.4) is 0 Å². The van der Waals surface area contributed by atoms with E-state index >= 15 is 0 Å². The van der Waals surface area contributed by atoms with Gasteiger partial charge in [-0.15, -0.1) is 0 Å². The lowest BCUT2D eigenvalue weighted by atomic mass is 9.75. The Hall–Kier alpha value is -3.13. The number of amides is 2. The van der Waals surface area contributed by atoms with E-state index in [2.05, 4.69) is 5.32 Å². The van der Waals surface area contributed by atoms with Crippen molar-refractivity contribution in [2.45, 2.75) is 39.0 Å². The lowest BCUT2D eigenvalue weighted by molar-refractivity contribution is 0.0339. The van der Waals surface area contributed by atoms with E-state index in [0.29, 0.717) is 50.8 Å². The summed E-state index contributed by atoms with van der Waals surface area (Å²) in [5.74, 6) is 0.192. The van der Waals surface area contributed by atoms with E-state index in [-0.39, 0.29) is 28.4 Å². The van der Waals surface area contributed by atoms with E-state index in [4.69, 9.17) is 9.47 Å². The summed E-state index contributed by atoms with van der Waals surface area (Å²) in [6.45, 7) is 5.06. The maximum absolute atomic E-state index is 13.2. The molecule has 1 N–H and O–H groups in total. The molecule has 8 nitrogen and oxygen atoms in total. The molecule has 2 aromatic rings. The summed E-state index contributed by atoms with van der Waals surface area (Å²) in [4.78, 5) is 40.2. The van der Waals surface area contributed by atoms with Gasteiger partial charge in [-0.1, -0.05) is 18.6 Å². The summed E-state index contributed by atoms with van der Waals surface area (Å²) in [7, 11) is 1.69. The van der Waals surface area contributed by atoms with Crippen molar-refractivity contribution in [2.24, 2.45) is 12.5 Å². The third-order valence-corrected chi connectivity index (χ3v) is 7.34. The number of fused-ring (bicyclic) bond motifs is 1. The molecule has 0 aliphatic carbocycles. The maximum atomic E-state index is 13.2. The molecule has 0 unspecified atom stereocenters. The fourth-order valence-electron chi connectivity index (χ4n) is 4.86. The van der Waals surface area contributed by atoms with Crippen LogP contribution < -0.4 is 15.6 Å². The zero-order valence-corrected chi connectivity index (χ0v) is 20.7. The molecular formula is C27H35N3O5. The summed E-state index contributed by atoms with van der Waals surface area (Å²) in [5, 5.41) is 2.89. The lowest BCUT2D eigenvalue weighted by Crippen LogP contribution is -2.47. The van der Waals surface area contributed by atoms with Gasteiger partial charge in [-0.05, 0) is 56.9 Å². The van der Waals surface area contributed by atoms with Crippen LogP contribution in [0.4, 0.5) is 0 Å². The molecule has 2 aliphatic rings. The summed E-state index contributed by atoms with van der Waals surface area (Å²) in [6, 6.07) is 10.7. The average molecular weight is 482 g/mol. The number of nitrogens with one attached hydrogen (secondary N) is 1. The van der Waals surface area contributed by atoms with Crippen molar-refractivity contribution in [3.05, 3.63) is 63.6 Å². The quantitative estimate of drug-likeness (QED) is 0.677. The Bertz CT molecular complexity index is 1120. The molecule has 1 aromatic carbocycles. The zero-order valence-electron chi connectivity index (χ0n) is 20.7. The first kappa shape index (κ1) is 25.0. The topological polar surface area (TPSA) is 89.9 Å². The standard InChI is InChI=1S/C27H35N3O5/c1-20-9-10-22(25(32)29(20)2)26(33)30-15-12-27(13-16-30)11-5-6-17-34-18-14-28-24(31)21-7-3-4-8-23(21)35-19-27/h3-4,7-10H,5-6,11-19H2,1-2H3,(H,28,31). The molecule has 1 saturated heterocycles. The molecule has 1 spiro atoms. The van der Waals surface area contributed by atoms with E-state index in [1.165, 1.54) is 4.57 Å². The van der Waals surface area contributed by atoms with Crippen molar-refractivity contribution in [1.82, 2.24) is 14.8 Å². The highest BCUT2D eigenvalue weighted by atomic mass is 16.5. The average Bonchev–Trinajstić information content (AvgIpc) is 2.87. The van der Waals surface area contributed by atoms with E-state index in [1.54, 1.807) is 30.1 Å². The minimum absolute atomic E-state index is 0.108. The predicted octanol–water partition coefficient (Wildman–Crippen LogP) is 2.93. The molecule has 188 valence electrons. The second-order valence-electron chi connectivity index (χ2n) is 9.65. The molecule has 2 amide bonds. The number of piperidine rings is 1. The molecule has 0 atom stereocenters. The van der Waals surface area contributed by atoms with Crippen LogP contribution in [0.5, 0.6) is 5.75 Å². The molecule has 0 bridgehead atoms. The monoisotopic (exact) mass is 481 g/mol. The number of likely N-dealkylation sites (tertiary alicyclic amines) is 1. The van der Waals surface area contributed by atoms with Gasteiger partial charge in [-0.25, -0.2) is 0 Å². The second kappa shape index (κ2) is 11.1. The van der Waals surface area contributed by atoms with Crippen molar-refractivity contribution in [1.29, 1.82) is 0 Å². The van der Waals surface area contributed by atoms with E-state index < -0.39 is 0 Å². The van der Waals surface area contributed by atoms with Gasteiger partial charge in [0.25, 0.3) is 17.4 Å². The molecule has 0 radical (unpaired) electrons. The van der Waals surface area contributed by atoms with E-state index in [9.17, 15) is 14.4 Å². The van der Waals surface area contributed by atoms with Crippen LogP contribution in [0.1, 0.15) is 58.5 Å². The number of hydrogen-bond acceptors (Lipinski definition) is 5. The Balaban J connectivity index is 1.49. The molecule has 4 rings (SSSR count). The van der Waals surface area contributed by atoms with Crippen LogP contribution in [0.2, 0.25) is 0 Å². The molecule has 35 heavy (non-hydrogen) atoms. The van der Waals surface area contributed by atoms with Crippen LogP contribution in [0.25, 0.3) is 0 Å². The van der Waals surface area contributed by atoms with Crippen molar-refractivity contribution in [2.75, 3.05) is 39.5 Å². The number of benzene rings is 1. The maximum Gasteiger partial charge on any atom is 0.263 e. The number of pyridine rings is 1. The Kier molecular flexibility index (Phi) is 7.90. The van der Waals surface area contributed by atoms with Crippen molar-refractivity contribution >= 4 is 11.8 Å². The first-order valence-electron chi connectivity index (χ1n) is 12.4. The van der Waals surface area contributed by atoms with Crippen molar-refractivity contribution < 1.29 is 19.1 Å². The Morgan fingerprint density at radius 3 is 2.57 bits per heavy atom. The minimum atomic E-state index is -0.258. The van der Waals surface area contributed by atoms with Crippen LogP contribution in [0.15, 0.2) is 41.2 Å². The number of carbonyl (C=O) groups excluding carboxylic acids is 2. The van der Waals surface area contributed by atoms with Gasteiger partial charge in [0, 0.05) is 44.4 Å². The smallest absolute Gasteiger partial charge is 0.263 e. The third kappa shape index (κ3) is 5.75. The fourth-order valence-corrected chi connectivity index (χ4v) is 4.86. The van der Waals surface area contributed by atoms with Crippen molar-refractivity contribution in [3.63, 3.8) is 0 Å². The first-order chi connectivity index (χ1) is 16.9. The fraction of sp³-hybridized carbons (Fsp3) is 0.519. The summed E-state index contributed by atoms with van der Waals surface area (Å²) in [6.07, 6.45) is 4.46. The lowest BCUT2D eigenvalue weighted by Gasteiger charge is -2.42. The summed E-state index contributed by atoms with van der Waals surface area (Å²) >= 11 is 0. The number of aryl methyl sites for hydroxylation is 1. The molecule has 0 saturated carbocycles. The van der Waals surface area contributed by atoms with Gasteiger partial charge in [-0.3, -0.25) is 14.4 Å². The van der Waals surface area contributed by atoms with Gasteiger partial charge < -0.3 is 24.3 Å². The molecule has 8 heteroatoms. The van der Waals surface area contributed by atoms with E-state index in [0.717, 1.165) is 37.8 Å². The van der Waals surface area contributed by atoms with Gasteiger partial charge in [0.1, 0.15) is 11.3 Å². The predicted molar refractivity (Wildman–Crippen MR) is 133 cm³/mol.